The molecule has 2 aromatic carbocycles. The van der Waals surface area contributed by atoms with Crippen LogP contribution in [0.1, 0.15) is 54.9 Å². The summed E-state index contributed by atoms with van der Waals surface area (Å²) in [6, 6.07) is 17.3. The maximum absolute atomic E-state index is 12.1. The van der Waals surface area contributed by atoms with Gasteiger partial charge in [0, 0.05) is 12.0 Å². The normalized spacial score (nSPS) is 10.2. The summed E-state index contributed by atoms with van der Waals surface area (Å²) in [7, 11) is 0. The molecule has 0 radical (unpaired) electrons. The van der Waals surface area contributed by atoms with E-state index in [2.05, 4.69) is 13.0 Å². The van der Waals surface area contributed by atoms with Gasteiger partial charge in [-0.05, 0) is 29.7 Å². The first kappa shape index (κ1) is 16.0. The highest BCUT2D eigenvalue weighted by Gasteiger charge is 2.06. The molecule has 2 rings (SSSR count). The highest BCUT2D eigenvalue weighted by atomic mass is 16.1. The van der Waals surface area contributed by atoms with Crippen LogP contribution in [0.2, 0.25) is 0 Å². The summed E-state index contributed by atoms with van der Waals surface area (Å²) in [5.41, 5.74) is 3.56. The number of ketones is 1. The second kappa shape index (κ2) is 8.14. The third-order valence-corrected chi connectivity index (χ3v) is 3.81. The predicted octanol–water partition coefficient (Wildman–Crippen LogP) is 5.38. The maximum Gasteiger partial charge on any atom is 0.162 e. The van der Waals surface area contributed by atoms with Crippen LogP contribution >= 0.6 is 0 Å². The Hall–Kier alpha value is -2.40. The summed E-state index contributed by atoms with van der Waals surface area (Å²) in [6.07, 6.45) is 5.13. The number of nitriles is 1. The molecular weight excluding hydrogens is 270 g/mol. The third kappa shape index (κ3) is 4.30. The highest BCUT2D eigenvalue weighted by Crippen LogP contribution is 2.21. The molecule has 0 saturated carbocycles. The van der Waals surface area contributed by atoms with Crippen molar-refractivity contribution in [2.45, 2.75) is 39.0 Å². The van der Waals surface area contributed by atoms with Gasteiger partial charge in [-0.15, -0.1) is 0 Å². The van der Waals surface area contributed by atoms with Gasteiger partial charge in [-0.1, -0.05) is 62.6 Å². The van der Waals surface area contributed by atoms with E-state index >= 15 is 0 Å². The molecule has 0 spiro atoms. The number of Topliss-reactive ketones (excluding diaryl/α,β-unsaturated/α-hetero) is 1. The minimum absolute atomic E-state index is 0.225. The molecule has 0 atom stereocenters. The molecule has 0 aliphatic carbocycles. The standard InChI is InChI=1S/C20H21NO/c1-2-3-4-5-6-20(22)19-13-11-18(12-14-19)17-9-7-16(15-21)8-10-17/h7-14H,2-6H2,1H3. The molecular formula is C20H21NO. The predicted molar refractivity (Wildman–Crippen MR) is 89.7 cm³/mol. The zero-order chi connectivity index (χ0) is 15.8. The van der Waals surface area contributed by atoms with E-state index in [4.69, 9.17) is 5.26 Å². The van der Waals surface area contributed by atoms with Gasteiger partial charge in [-0.3, -0.25) is 4.79 Å². The fourth-order valence-corrected chi connectivity index (χ4v) is 2.44. The van der Waals surface area contributed by atoms with Gasteiger partial charge >= 0.3 is 0 Å². The lowest BCUT2D eigenvalue weighted by Crippen LogP contribution is -1.98. The van der Waals surface area contributed by atoms with Crippen LogP contribution in [0.5, 0.6) is 0 Å². The van der Waals surface area contributed by atoms with Crippen molar-refractivity contribution in [2.75, 3.05) is 0 Å². The monoisotopic (exact) mass is 291 g/mol. The van der Waals surface area contributed by atoms with Gasteiger partial charge in [0.25, 0.3) is 0 Å². The molecule has 2 heteroatoms. The topological polar surface area (TPSA) is 40.9 Å². The summed E-state index contributed by atoms with van der Waals surface area (Å²) >= 11 is 0. The first-order valence-corrected chi connectivity index (χ1v) is 7.88. The number of benzene rings is 2. The molecule has 0 unspecified atom stereocenters. The van der Waals surface area contributed by atoms with Crippen LogP contribution in [-0.2, 0) is 0 Å². The lowest BCUT2D eigenvalue weighted by Gasteiger charge is -2.04. The van der Waals surface area contributed by atoms with Crippen molar-refractivity contribution < 1.29 is 4.79 Å². The van der Waals surface area contributed by atoms with E-state index in [1.807, 2.05) is 48.5 Å². The van der Waals surface area contributed by atoms with Crippen LogP contribution < -0.4 is 0 Å². The molecule has 2 aromatic rings. The Morgan fingerprint density at radius 3 is 2.05 bits per heavy atom. The number of carbonyl (C=O) groups is 1. The van der Waals surface area contributed by atoms with Crippen molar-refractivity contribution in [3.8, 4) is 17.2 Å². The van der Waals surface area contributed by atoms with E-state index in [9.17, 15) is 4.79 Å². The Morgan fingerprint density at radius 1 is 0.909 bits per heavy atom. The molecule has 2 nitrogen and oxygen atoms in total. The molecule has 0 bridgehead atoms. The molecule has 0 aromatic heterocycles. The number of hydrogen-bond acceptors (Lipinski definition) is 2. The van der Waals surface area contributed by atoms with Gasteiger partial charge in [0.1, 0.15) is 0 Å². The Morgan fingerprint density at radius 2 is 1.50 bits per heavy atom. The molecule has 0 amide bonds. The van der Waals surface area contributed by atoms with Gasteiger partial charge in [0.15, 0.2) is 5.78 Å². The first-order chi connectivity index (χ1) is 10.7. The Bertz CT molecular complexity index is 648. The van der Waals surface area contributed by atoms with E-state index in [-0.39, 0.29) is 5.78 Å². The second-order valence-electron chi connectivity index (χ2n) is 5.50. The zero-order valence-electron chi connectivity index (χ0n) is 13.0. The molecule has 0 aliphatic rings. The van der Waals surface area contributed by atoms with Crippen LogP contribution in [0.25, 0.3) is 11.1 Å². The third-order valence-electron chi connectivity index (χ3n) is 3.81. The van der Waals surface area contributed by atoms with Crippen molar-refractivity contribution in [1.82, 2.24) is 0 Å². The van der Waals surface area contributed by atoms with Crippen molar-refractivity contribution in [3.63, 3.8) is 0 Å². The minimum atomic E-state index is 0.225. The van der Waals surface area contributed by atoms with Gasteiger partial charge in [-0.2, -0.15) is 5.26 Å². The molecule has 0 fully saturated rings. The molecule has 0 saturated heterocycles. The second-order valence-corrected chi connectivity index (χ2v) is 5.50. The minimum Gasteiger partial charge on any atom is -0.294 e. The molecule has 22 heavy (non-hydrogen) atoms. The Balaban J connectivity index is 2.00. The number of hydrogen-bond donors (Lipinski definition) is 0. The van der Waals surface area contributed by atoms with Crippen molar-refractivity contribution in [3.05, 3.63) is 59.7 Å². The van der Waals surface area contributed by atoms with Gasteiger partial charge < -0.3 is 0 Å². The summed E-state index contributed by atoms with van der Waals surface area (Å²) in [4.78, 5) is 12.1. The van der Waals surface area contributed by atoms with E-state index in [0.717, 1.165) is 29.5 Å². The number of carbonyl (C=O) groups excluding carboxylic acids is 1. The van der Waals surface area contributed by atoms with Gasteiger partial charge in [-0.25, -0.2) is 0 Å². The fourth-order valence-electron chi connectivity index (χ4n) is 2.44. The van der Waals surface area contributed by atoms with Crippen LogP contribution in [0.15, 0.2) is 48.5 Å². The lowest BCUT2D eigenvalue weighted by molar-refractivity contribution is 0.0979. The molecule has 0 aliphatic heterocycles. The largest absolute Gasteiger partial charge is 0.294 e. The van der Waals surface area contributed by atoms with Crippen LogP contribution in [0, 0.1) is 11.3 Å². The quantitative estimate of drug-likeness (QED) is 0.507. The van der Waals surface area contributed by atoms with E-state index in [1.165, 1.54) is 12.8 Å². The first-order valence-electron chi connectivity index (χ1n) is 7.88. The average molecular weight is 291 g/mol. The van der Waals surface area contributed by atoms with Crippen LogP contribution in [0.3, 0.4) is 0 Å². The van der Waals surface area contributed by atoms with E-state index < -0.39 is 0 Å². The zero-order valence-corrected chi connectivity index (χ0v) is 13.0. The SMILES string of the molecule is CCCCCCC(=O)c1ccc(-c2ccc(C#N)cc2)cc1. The number of unbranched alkanes of at least 4 members (excludes halogenated alkanes) is 3. The molecule has 112 valence electrons. The number of rotatable bonds is 7. The summed E-state index contributed by atoms with van der Waals surface area (Å²) in [6.45, 7) is 2.17. The highest BCUT2D eigenvalue weighted by molar-refractivity contribution is 5.96. The van der Waals surface area contributed by atoms with Crippen molar-refractivity contribution in [1.29, 1.82) is 5.26 Å². The number of nitrogens with zero attached hydrogens (tertiary/aromatic N) is 1. The molecule has 0 heterocycles. The van der Waals surface area contributed by atoms with Crippen LogP contribution in [0.4, 0.5) is 0 Å². The lowest BCUT2D eigenvalue weighted by atomic mass is 9.99. The summed E-state index contributed by atoms with van der Waals surface area (Å²) < 4.78 is 0. The van der Waals surface area contributed by atoms with Gasteiger partial charge in [0.2, 0.25) is 0 Å². The van der Waals surface area contributed by atoms with Crippen molar-refractivity contribution in [2.24, 2.45) is 0 Å². The van der Waals surface area contributed by atoms with E-state index in [1.54, 1.807) is 0 Å². The van der Waals surface area contributed by atoms with Crippen LogP contribution in [-0.4, -0.2) is 5.78 Å². The Kier molecular flexibility index (Phi) is 5.91. The van der Waals surface area contributed by atoms with E-state index in [0.29, 0.717) is 12.0 Å². The Labute approximate surface area is 132 Å². The summed E-state index contributed by atoms with van der Waals surface area (Å²) in [5, 5.41) is 8.81. The average Bonchev–Trinajstić information content (AvgIpc) is 2.59. The maximum atomic E-state index is 12.1. The smallest absolute Gasteiger partial charge is 0.162 e. The molecule has 0 N–H and O–H groups in total. The van der Waals surface area contributed by atoms with Gasteiger partial charge in [0.05, 0.1) is 11.6 Å². The van der Waals surface area contributed by atoms with Crippen molar-refractivity contribution >= 4 is 5.78 Å². The fraction of sp³-hybridized carbons (Fsp3) is 0.300. The summed E-state index contributed by atoms with van der Waals surface area (Å²) in [5.74, 6) is 0.225.